The van der Waals surface area contributed by atoms with Gasteiger partial charge in [-0.05, 0) is 24.3 Å². The zero-order valence-corrected chi connectivity index (χ0v) is 19.4. The maximum atomic E-state index is 11.9. The molecule has 1 amide bonds. The Morgan fingerprint density at radius 1 is 0.882 bits per heavy atom. The molecule has 1 aliphatic heterocycles. The van der Waals surface area contributed by atoms with Gasteiger partial charge in [-0.1, -0.05) is 0 Å². The van der Waals surface area contributed by atoms with Crippen molar-refractivity contribution < 1.29 is 52.4 Å². The number of carbonyl (C=O) groups is 5. The Morgan fingerprint density at radius 3 is 1.97 bits per heavy atom. The van der Waals surface area contributed by atoms with Crippen molar-refractivity contribution in [3.05, 3.63) is 29.8 Å². The van der Waals surface area contributed by atoms with Gasteiger partial charge in [-0.15, -0.1) is 0 Å². The fourth-order valence-corrected chi connectivity index (χ4v) is 3.31. The van der Waals surface area contributed by atoms with E-state index in [2.05, 4.69) is 10.1 Å². The molecule has 12 nitrogen and oxygen atoms in total. The number of hydrogen-bond acceptors (Lipinski definition) is 11. The Kier molecular flexibility index (Phi) is 9.36. The number of hydrogen-bond donors (Lipinski definition) is 1. The van der Waals surface area contributed by atoms with Gasteiger partial charge in [-0.2, -0.15) is 0 Å². The summed E-state index contributed by atoms with van der Waals surface area (Å²) in [5, 5.41) is 2.60. The van der Waals surface area contributed by atoms with Crippen LogP contribution >= 0.6 is 0 Å². The summed E-state index contributed by atoms with van der Waals surface area (Å²) in [5.41, 5.74) is 0.276. The van der Waals surface area contributed by atoms with Crippen LogP contribution in [-0.4, -0.2) is 74.1 Å². The lowest BCUT2D eigenvalue weighted by atomic mass is 9.96. The van der Waals surface area contributed by atoms with E-state index in [1.807, 2.05) is 0 Å². The third-order valence-corrected chi connectivity index (χ3v) is 4.60. The average molecular weight is 481 g/mol. The normalized spacial score (nSPS) is 23.7. The first-order valence-corrected chi connectivity index (χ1v) is 10.3. The number of nitrogens with one attached hydrogen (secondary N) is 1. The average Bonchev–Trinajstić information content (AvgIpc) is 2.75. The van der Waals surface area contributed by atoms with Gasteiger partial charge in [0.1, 0.15) is 24.5 Å². The Morgan fingerprint density at radius 2 is 1.47 bits per heavy atom. The van der Waals surface area contributed by atoms with Crippen LogP contribution in [0, 0.1) is 0 Å². The fraction of sp³-hybridized carbons (Fsp3) is 0.500. The molecule has 186 valence electrons. The Bertz CT molecular complexity index is 914. The van der Waals surface area contributed by atoms with Gasteiger partial charge in [0, 0.05) is 27.7 Å². The van der Waals surface area contributed by atoms with E-state index in [9.17, 15) is 24.0 Å². The lowest BCUT2D eigenvalue weighted by Crippen LogP contribution is -2.67. The van der Waals surface area contributed by atoms with Crippen molar-refractivity contribution in [2.75, 3.05) is 13.7 Å². The number of amides is 1. The van der Waals surface area contributed by atoms with Crippen LogP contribution in [0.3, 0.4) is 0 Å². The van der Waals surface area contributed by atoms with E-state index in [0.717, 1.165) is 13.8 Å². The van der Waals surface area contributed by atoms with E-state index in [1.54, 1.807) is 0 Å². The molecule has 1 aromatic rings. The first-order chi connectivity index (χ1) is 16.0. The van der Waals surface area contributed by atoms with Crippen molar-refractivity contribution in [1.29, 1.82) is 0 Å². The van der Waals surface area contributed by atoms with Crippen molar-refractivity contribution in [1.82, 2.24) is 5.32 Å². The molecule has 0 radical (unpaired) electrons. The van der Waals surface area contributed by atoms with Crippen LogP contribution in [0.2, 0.25) is 0 Å². The maximum absolute atomic E-state index is 11.9. The smallest absolute Gasteiger partial charge is 0.337 e. The predicted molar refractivity (Wildman–Crippen MR) is 112 cm³/mol. The SMILES string of the molecule is COC(=O)c1ccc(O[C@@H]2O[C@H](COC(C)=O)[C@@H](OC(C)=O)[C@H](OC(C)=O)[C@H]2NC(C)=O)cc1. The highest BCUT2D eigenvalue weighted by Crippen LogP contribution is 2.29. The predicted octanol–water partition coefficient (Wildman–Crippen LogP) is 0.508. The molecule has 5 atom stereocenters. The molecule has 1 heterocycles. The Hall–Kier alpha value is -3.67. The monoisotopic (exact) mass is 481 g/mol. The number of carbonyl (C=O) groups excluding carboxylic acids is 5. The summed E-state index contributed by atoms with van der Waals surface area (Å²) in [6.07, 6.45) is -4.82. The summed E-state index contributed by atoms with van der Waals surface area (Å²) < 4.78 is 32.2. The maximum Gasteiger partial charge on any atom is 0.337 e. The Labute approximate surface area is 195 Å². The number of esters is 4. The van der Waals surface area contributed by atoms with E-state index in [-0.39, 0.29) is 17.9 Å². The van der Waals surface area contributed by atoms with Crippen LogP contribution in [0.15, 0.2) is 24.3 Å². The zero-order valence-electron chi connectivity index (χ0n) is 19.4. The largest absolute Gasteiger partial charge is 0.465 e. The van der Waals surface area contributed by atoms with E-state index in [1.165, 1.54) is 45.2 Å². The van der Waals surface area contributed by atoms with Gasteiger partial charge >= 0.3 is 23.9 Å². The fourth-order valence-electron chi connectivity index (χ4n) is 3.31. The summed E-state index contributed by atoms with van der Waals surface area (Å²) in [6.45, 7) is 4.36. The molecule has 0 bridgehead atoms. The molecule has 1 saturated heterocycles. The highest BCUT2D eigenvalue weighted by molar-refractivity contribution is 5.89. The first-order valence-electron chi connectivity index (χ1n) is 10.3. The summed E-state index contributed by atoms with van der Waals surface area (Å²) >= 11 is 0. The summed E-state index contributed by atoms with van der Waals surface area (Å²) in [4.78, 5) is 58.6. The lowest BCUT2D eigenvalue weighted by Gasteiger charge is -2.44. The second kappa shape index (κ2) is 12.0. The topological polar surface area (TPSA) is 153 Å². The van der Waals surface area contributed by atoms with Crippen molar-refractivity contribution in [2.24, 2.45) is 0 Å². The summed E-state index contributed by atoms with van der Waals surface area (Å²) in [5.74, 6) is -2.84. The molecule has 1 aromatic carbocycles. The molecule has 0 unspecified atom stereocenters. The third kappa shape index (κ3) is 7.44. The molecule has 1 fully saturated rings. The van der Waals surface area contributed by atoms with Crippen LogP contribution in [-0.2, 0) is 42.9 Å². The summed E-state index contributed by atoms with van der Waals surface area (Å²) in [6, 6.07) is 4.75. The highest BCUT2D eigenvalue weighted by Gasteiger charge is 2.51. The molecule has 0 aromatic heterocycles. The van der Waals surface area contributed by atoms with Gasteiger partial charge in [0.05, 0.1) is 12.7 Å². The highest BCUT2D eigenvalue weighted by atomic mass is 16.7. The van der Waals surface area contributed by atoms with E-state index < -0.39 is 60.4 Å². The number of ether oxygens (including phenoxy) is 6. The van der Waals surface area contributed by atoms with E-state index in [0.29, 0.717) is 0 Å². The lowest BCUT2D eigenvalue weighted by molar-refractivity contribution is -0.257. The molecular formula is C22H27NO11. The number of benzene rings is 1. The van der Waals surface area contributed by atoms with E-state index >= 15 is 0 Å². The van der Waals surface area contributed by atoms with Crippen LogP contribution in [0.1, 0.15) is 38.1 Å². The molecule has 2 rings (SSSR count). The number of methoxy groups -OCH3 is 1. The quantitative estimate of drug-likeness (QED) is 0.408. The van der Waals surface area contributed by atoms with Gasteiger partial charge in [-0.25, -0.2) is 4.79 Å². The van der Waals surface area contributed by atoms with Crippen LogP contribution in [0.4, 0.5) is 0 Å². The van der Waals surface area contributed by atoms with Gasteiger partial charge < -0.3 is 33.7 Å². The molecule has 12 heteroatoms. The second-order valence-corrected chi connectivity index (χ2v) is 7.35. The van der Waals surface area contributed by atoms with Gasteiger partial charge in [0.25, 0.3) is 0 Å². The minimum absolute atomic E-state index is 0.242. The molecule has 1 N–H and O–H groups in total. The number of rotatable bonds is 8. The third-order valence-electron chi connectivity index (χ3n) is 4.60. The van der Waals surface area contributed by atoms with Crippen LogP contribution in [0.5, 0.6) is 5.75 Å². The molecular weight excluding hydrogens is 454 g/mol. The van der Waals surface area contributed by atoms with Crippen LogP contribution in [0.25, 0.3) is 0 Å². The van der Waals surface area contributed by atoms with Crippen molar-refractivity contribution in [2.45, 2.75) is 58.3 Å². The molecule has 34 heavy (non-hydrogen) atoms. The van der Waals surface area contributed by atoms with Crippen molar-refractivity contribution in [3.8, 4) is 5.75 Å². The standard InChI is InChI=1S/C22H27NO11/c1-11(24)23-18-20(32-14(4)27)19(31-13(3)26)17(10-30-12(2)25)34-22(18)33-16-8-6-15(7-9-16)21(28)29-5/h6-9,17-20,22H,10H2,1-5H3,(H,23,24)/t17-,18-,19-,20-,22-/m1/s1. The van der Waals surface area contributed by atoms with Gasteiger partial charge in [0.15, 0.2) is 12.2 Å². The zero-order chi connectivity index (χ0) is 25.4. The Balaban J connectivity index is 2.42. The van der Waals surface area contributed by atoms with Gasteiger partial charge in [0.2, 0.25) is 12.2 Å². The molecule has 1 aliphatic rings. The first kappa shape index (κ1) is 26.6. The van der Waals surface area contributed by atoms with E-state index in [4.69, 9.17) is 23.7 Å². The molecule has 0 aliphatic carbocycles. The van der Waals surface area contributed by atoms with Crippen molar-refractivity contribution >= 4 is 29.8 Å². The molecule has 0 spiro atoms. The molecule has 0 saturated carbocycles. The second-order valence-electron chi connectivity index (χ2n) is 7.35. The van der Waals surface area contributed by atoms with Crippen molar-refractivity contribution in [3.63, 3.8) is 0 Å². The minimum Gasteiger partial charge on any atom is -0.465 e. The summed E-state index contributed by atoms with van der Waals surface area (Å²) in [7, 11) is 1.25. The van der Waals surface area contributed by atoms with Crippen LogP contribution < -0.4 is 10.1 Å². The van der Waals surface area contributed by atoms with Gasteiger partial charge in [-0.3, -0.25) is 19.2 Å². The minimum atomic E-state index is -1.26.